The van der Waals surface area contributed by atoms with Gasteiger partial charge in [-0.2, -0.15) is 0 Å². The summed E-state index contributed by atoms with van der Waals surface area (Å²) in [6.45, 7) is 4.06. The lowest BCUT2D eigenvalue weighted by Gasteiger charge is -2.44. The number of piperazine rings is 1. The second-order valence-corrected chi connectivity index (χ2v) is 9.74. The molecule has 0 spiro atoms. The molecule has 6 heteroatoms. The second-order valence-electron chi connectivity index (χ2n) is 9.74. The Bertz CT molecular complexity index is 1310. The number of carbonyl (C=O) groups excluding carboxylic acids is 2. The van der Waals surface area contributed by atoms with Crippen molar-refractivity contribution in [3.8, 4) is 0 Å². The smallest absolute Gasteiger partial charge is 0.256 e. The number of hydrogen-bond donors (Lipinski definition) is 1. The zero-order valence-corrected chi connectivity index (χ0v) is 20.2. The van der Waals surface area contributed by atoms with E-state index in [0.717, 1.165) is 24.0 Å². The van der Waals surface area contributed by atoms with Crippen LogP contribution in [-0.4, -0.2) is 70.8 Å². The number of hydrogen-bond acceptors (Lipinski definition) is 3. The molecule has 3 aromatic carbocycles. The first-order valence-corrected chi connectivity index (χ1v) is 12.7. The average Bonchev–Trinajstić information content (AvgIpc) is 3.34. The summed E-state index contributed by atoms with van der Waals surface area (Å²) >= 11 is 0. The number of rotatable bonds is 5. The molecule has 2 amide bonds. The maximum absolute atomic E-state index is 13.2. The number of para-hydroxylation sites is 1. The molecule has 1 N–H and O–H groups in total. The molecule has 0 bridgehead atoms. The fourth-order valence-electron chi connectivity index (χ4n) is 5.56. The number of benzene rings is 3. The summed E-state index contributed by atoms with van der Waals surface area (Å²) in [6, 6.07) is 29.2. The van der Waals surface area contributed by atoms with Crippen molar-refractivity contribution < 1.29 is 9.59 Å². The Morgan fingerprint density at radius 1 is 0.722 bits per heavy atom. The number of H-pyrrole nitrogens is 1. The number of amides is 2. The predicted molar refractivity (Wildman–Crippen MR) is 141 cm³/mol. The zero-order chi connectivity index (χ0) is 24.5. The molecule has 0 atom stereocenters. The van der Waals surface area contributed by atoms with Crippen molar-refractivity contribution in [2.75, 3.05) is 39.3 Å². The van der Waals surface area contributed by atoms with E-state index in [1.54, 1.807) is 11.1 Å². The highest BCUT2D eigenvalue weighted by atomic mass is 16.2. The molecule has 36 heavy (non-hydrogen) atoms. The molecular formula is C30H30N4O2. The van der Waals surface area contributed by atoms with Crippen molar-refractivity contribution in [2.45, 2.75) is 6.04 Å². The topological polar surface area (TPSA) is 59.7 Å². The maximum Gasteiger partial charge on any atom is 0.256 e. The van der Waals surface area contributed by atoms with Gasteiger partial charge in [-0.1, -0.05) is 78.9 Å². The van der Waals surface area contributed by atoms with Gasteiger partial charge >= 0.3 is 0 Å². The molecule has 0 aliphatic carbocycles. The Balaban J connectivity index is 1.07. The van der Waals surface area contributed by atoms with Crippen LogP contribution in [0.15, 0.2) is 91.1 Å². The van der Waals surface area contributed by atoms with Crippen molar-refractivity contribution in [3.05, 3.63) is 108 Å². The van der Waals surface area contributed by atoms with E-state index in [9.17, 15) is 9.59 Å². The van der Waals surface area contributed by atoms with Gasteiger partial charge in [-0.05, 0) is 17.2 Å². The lowest BCUT2D eigenvalue weighted by Crippen LogP contribution is -2.59. The van der Waals surface area contributed by atoms with Gasteiger partial charge in [0.2, 0.25) is 5.91 Å². The van der Waals surface area contributed by atoms with Gasteiger partial charge in [-0.15, -0.1) is 0 Å². The van der Waals surface area contributed by atoms with Gasteiger partial charge in [0.05, 0.1) is 17.5 Å². The van der Waals surface area contributed by atoms with Crippen molar-refractivity contribution in [3.63, 3.8) is 0 Å². The van der Waals surface area contributed by atoms with E-state index in [1.807, 2.05) is 41.3 Å². The van der Waals surface area contributed by atoms with E-state index < -0.39 is 0 Å². The number of nitrogens with zero attached hydrogens (tertiary/aromatic N) is 3. The molecule has 0 radical (unpaired) electrons. The van der Waals surface area contributed by atoms with E-state index in [0.29, 0.717) is 31.7 Å². The van der Waals surface area contributed by atoms with E-state index in [-0.39, 0.29) is 23.8 Å². The maximum atomic E-state index is 13.2. The highest BCUT2D eigenvalue weighted by Gasteiger charge is 2.40. The molecule has 2 saturated heterocycles. The quantitative estimate of drug-likeness (QED) is 0.468. The molecule has 0 saturated carbocycles. The molecule has 6 nitrogen and oxygen atoms in total. The van der Waals surface area contributed by atoms with Crippen LogP contribution < -0.4 is 0 Å². The molecule has 6 rings (SSSR count). The third kappa shape index (κ3) is 4.18. The Labute approximate surface area is 211 Å². The van der Waals surface area contributed by atoms with Crippen molar-refractivity contribution in [1.29, 1.82) is 0 Å². The van der Waals surface area contributed by atoms with E-state index >= 15 is 0 Å². The molecule has 2 aliphatic rings. The fourth-order valence-corrected chi connectivity index (χ4v) is 5.56. The second kappa shape index (κ2) is 9.63. The number of fused-ring (bicyclic) bond motifs is 1. The summed E-state index contributed by atoms with van der Waals surface area (Å²) in [5.74, 6) is 0.0632. The van der Waals surface area contributed by atoms with Crippen LogP contribution in [0, 0.1) is 5.92 Å². The van der Waals surface area contributed by atoms with Crippen LogP contribution >= 0.6 is 0 Å². The number of nitrogens with one attached hydrogen (secondary N) is 1. The first-order chi connectivity index (χ1) is 17.7. The van der Waals surface area contributed by atoms with Gasteiger partial charge in [0.1, 0.15) is 0 Å². The minimum atomic E-state index is -0.107. The van der Waals surface area contributed by atoms with Crippen LogP contribution in [0.1, 0.15) is 27.5 Å². The van der Waals surface area contributed by atoms with Crippen LogP contribution in [0.3, 0.4) is 0 Å². The van der Waals surface area contributed by atoms with Crippen molar-refractivity contribution in [2.24, 2.45) is 5.92 Å². The number of aromatic nitrogens is 1. The molecule has 2 fully saturated rings. The number of likely N-dealkylation sites (tertiary alicyclic amines) is 1. The molecule has 3 heterocycles. The highest BCUT2D eigenvalue weighted by Crippen LogP contribution is 2.30. The van der Waals surface area contributed by atoms with Gasteiger partial charge in [0.25, 0.3) is 5.91 Å². The van der Waals surface area contributed by atoms with Crippen LogP contribution in [0.4, 0.5) is 0 Å². The van der Waals surface area contributed by atoms with E-state index in [4.69, 9.17) is 0 Å². The SMILES string of the molecule is O=C(c1c[nH]c2ccccc12)N1CC(C(=O)N2CCN(C(c3ccccc3)c3ccccc3)CC2)C1. The van der Waals surface area contributed by atoms with Gasteiger partial charge in [-0.25, -0.2) is 0 Å². The van der Waals surface area contributed by atoms with Gasteiger partial charge in [0, 0.05) is 56.4 Å². The Morgan fingerprint density at radius 2 is 1.31 bits per heavy atom. The first-order valence-electron chi connectivity index (χ1n) is 12.7. The molecule has 1 aromatic heterocycles. The summed E-state index contributed by atoms with van der Waals surface area (Å²) < 4.78 is 0. The van der Waals surface area contributed by atoms with Crippen molar-refractivity contribution >= 4 is 22.7 Å². The van der Waals surface area contributed by atoms with Gasteiger partial charge < -0.3 is 14.8 Å². The third-order valence-corrected chi connectivity index (χ3v) is 7.56. The average molecular weight is 479 g/mol. The summed E-state index contributed by atoms with van der Waals surface area (Å²) in [4.78, 5) is 35.7. The summed E-state index contributed by atoms with van der Waals surface area (Å²) in [6.07, 6.45) is 1.78. The first kappa shape index (κ1) is 22.6. The summed E-state index contributed by atoms with van der Waals surface area (Å²) in [5, 5.41) is 0.930. The largest absolute Gasteiger partial charge is 0.360 e. The summed E-state index contributed by atoms with van der Waals surface area (Å²) in [7, 11) is 0. The number of carbonyl (C=O) groups is 2. The Hall–Kier alpha value is -3.90. The predicted octanol–water partition coefficient (Wildman–Crippen LogP) is 4.17. The van der Waals surface area contributed by atoms with E-state index in [2.05, 4.69) is 58.4 Å². The summed E-state index contributed by atoms with van der Waals surface area (Å²) in [5.41, 5.74) is 4.18. The Morgan fingerprint density at radius 3 is 1.94 bits per heavy atom. The minimum absolute atomic E-state index is 0.00474. The van der Waals surface area contributed by atoms with Gasteiger partial charge in [0.15, 0.2) is 0 Å². The standard InChI is InChI=1S/C30H30N4O2/c35-29(24-20-34(21-24)30(36)26-19-31-27-14-8-7-13-25(26)27)33-17-15-32(16-18-33)28(22-9-3-1-4-10-22)23-11-5-2-6-12-23/h1-14,19,24,28,31H,15-18,20-21H2. The van der Waals surface area contributed by atoms with E-state index in [1.165, 1.54) is 11.1 Å². The minimum Gasteiger partial charge on any atom is -0.360 e. The third-order valence-electron chi connectivity index (χ3n) is 7.56. The molecule has 2 aliphatic heterocycles. The highest BCUT2D eigenvalue weighted by molar-refractivity contribution is 6.07. The van der Waals surface area contributed by atoms with Crippen molar-refractivity contribution in [1.82, 2.24) is 19.7 Å². The van der Waals surface area contributed by atoms with Crippen LogP contribution in [0.25, 0.3) is 10.9 Å². The molecular weight excluding hydrogens is 448 g/mol. The van der Waals surface area contributed by atoms with Crippen LogP contribution in [0.5, 0.6) is 0 Å². The number of aromatic amines is 1. The molecule has 182 valence electrons. The Kier molecular flexibility index (Phi) is 6.03. The lowest BCUT2D eigenvalue weighted by atomic mass is 9.95. The molecule has 0 unspecified atom stereocenters. The zero-order valence-electron chi connectivity index (χ0n) is 20.2. The van der Waals surface area contributed by atoms with Gasteiger partial charge in [-0.3, -0.25) is 14.5 Å². The fraction of sp³-hybridized carbons (Fsp3) is 0.267. The monoisotopic (exact) mass is 478 g/mol. The lowest BCUT2D eigenvalue weighted by molar-refractivity contribution is -0.141. The van der Waals surface area contributed by atoms with Crippen LogP contribution in [0.2, 0.25) is 0 Å². The molecule has 4 aromatic rings. The normalized spacial score (nSPS) is 16.9. The van der Waals surface area contributed by atoms with Crippen LogP contribution in [-0.2, 0) is 4.79 Å².